The summed E-state index contributed by atoms with van der Waals surface area (Å²) in [5.41, 5.74) is 2.56. The highest BCUT2D eigenvalue weighted by Gasteiger charge is 2.28. The van der Waals surface area contributed by atoms with Gasteiger partial charge in [0.1, 0.15) is 0 Å². The first-order valence-corrected chi connectivity index (χ1v) is 7.20. The molecule has 2 rings (SSSR count). The Bertz CT molecular complexity index is 373. The second-order valence-electron chi connectivity index (χ2n) is 5.63. The molecule has 0 heterocycles. The lowest BCUT2D eigenvalue weighted by atomic mass is 10.1. The van der Waals surface area contributed by atoms with E-state index < -0.39 is 0 Å². The van der Waals surface area contributed by atoms with Crippen LogP contribution in [0.4, 0.5) is 0 Å². The number of ether oxygens (including phenoxy) is 1. The number of nitrogens with zero attached hydrogens (tertiary/aromatic N) is 1. The van der Waals surface area contributed by atoms with Gasteiger partial charge in [0, 0.05) is 32.3 Å². The molecule has 1 N–H and O–H groups in total. The van der Waals surface area contributed by atoms with E-state index in [1.54, 1.807) is 7.11 Å². The molecule has 0 aromatic heterocycles. The van der Waals surface area contributed by atoms with Gasteiger partial charge in [-0.3, -0.25) is 4.90 Å². The van der Waals surface area contributed by atoms with Crippen molar-refractivity contribution >= 4 is 0 Å². The van der Waals surface area contributed by atoms with Gasteiger partial charge < -0.3 is 10.1 Å². The minimum atomic E-state index is 0.611. The highest BCUT2D eigenvalue weighted by molar-refractivity contribution is 5.21. The van der Waals surface area contributed by atoms with Crippen LogP contribution in [-0.2, 0) is 17.9 Å². The Hall–Kier alpha value is -0.900. The molecule has 0 saturated heterocycles. The normalized spacial score (nSPS) is 16.8. The van der Waals surface area contributed by atoms with E-state index in [1.165, 1.54) is 24.0 Å². The zero-order chi connectivity index (χ0) is 13.7. The zero-order valence-corrected chi connectivity index (χ0v) is 12.4. The smallest absolute Gasteiger partial charge is 0.0713 e. The molecule has 1 unspecified atom stereocenters. The van der Waals surface area contributed by atoms with E-state index in [0.717, 1.165) is 19.1 Å². The highest BCUT2D eigenvalue weighted by Crippen LogP contribution is 2.26. The van der Waals surface area contributed by atoms with Crippen molar-refractivity contribution in [2.45, 2.75) is 45.0 Å². The Balaban J connectivity index is 1.69. The lowest BCUT2D eigenvalue weighted by Gasteiger charge is -2.24. The molecule has 1 aliphatic rings. The third kappa shape index (κ3) is 4.60. The fourth-order valence-electron chi connectivity index (χ4n) is 2.33. The maximum Gasteiger partial charge on any atom is 0.0713 e. The summed E-state index contributed by atoms with van der Waals surface area (Å²) in [6.45, 7) is 4.98. The third-order valence-electron chi connectivity index (χ3n) is 3.92. The molecule has 0 amide bonds. The molecular formula is C16H26N2O. The first kappa shape index (κ1) is 14.5. The lowest BCUT2D eigenvalue weighted by molar-refractivity contribution is 0.185. The van der Waals surface area contributed by atoms with Crippen LogP contribution in [0.25, 0.3) is 0 Å². The van der Waals surface area contributed by atoms with Gasteiger partial charge in [-0.2, -0.15) is 0 Å². The van der Waals surface area contributed by atoms with Crippen LogP contribution in [0.1, 0.15) is 30.9 Å². The van der Waals surface area contributed by atoms with Gasteiger partial charge in [-0.05, 0) is 37.9 Å². The highest BCUT2D eigenvalue weighted by atomic mass is 16.5. The number of rotatable bonds is 8. The van der Waals surface area contributed by atoms with Crippen LogP contribution in [0.15, 0.2) is 24.3 Å². The topological polar surface area (TPSA) is 24.5 Å². The first-order chi connectivity index (χ1) is 9.20. The molecule has 3 heteroatoms. The average molecular weight is 262 g/mol. The minimum absolute atomic E-state index is 0.611. The molecule has 0 radical (unpaired) electrons. The van der Waals surface area contributed by atoms with Gasteiger partial charge in [0.05, 0.1) is 6.61 Å². The third-order valence-corrected chi connectivity index (χ3v) is 3.92. The summed E-state index contributed by atoms with van der Waals surface area (Å²) >= 11 is 0. The Kier molecular flexibility index (Phi) is 5.37. The fourth-order valence-corrected chi connectivity index (χ4v) is 2.33. The summed E-state index contributed by atoms with van der Waals surface area (Å²) in [5, 5.41) is 3.54. The number of hydrogen-bond acceptors (Lipinski definition) is 3. The van der Waals surface area contributed by atoms with Gasteiger partial charge in [-0.25, -0.2) is 0 Å². The number of benzene rings is 1. The standard InChI is InChI=1S/C16H26N2O/c1-13(18(2)16-8-9-16)10-17-11-14-4-6-15(7-5-14)12-19-3/h4-7,13,16-17H,8-12H2,1-3H3. The van der Waals surface area contributed by atoms with Crippen LogP contribution in [0.3, 0.4) is 0 Å². The Labute approximate surface area is 116 Å². The number of methoxy groups -OCH3 is 1. The van der Waals surface area contributed by atoms with Crippen molar-refractivity contribution < 1.29 is 4.74 Å². The molecule has 0 bridgehead atoms. The molecule has 3 nitrogen and oxygen atoms in total. The van der Waals surface area contributed by atoms with Crippen molar-refractivity contribution in [3.05, 3.63) is 35.4 Å². The molecule has 1 aromatic carbocycles. The van der Waals surface area contributed by atoms with E-state index in [1.807, 2.05) is 0 Å². The Morgan fingerprint density at radius 3 is 2.47 bits per heavy atom. The molecule has 1 atom stereocenters. The van der Waals surface area contributed by atoms with E-state index >= 15 is 0 Å². The molecule has 1 aromatic rings. The van der Waals surface area contributed by atoms with Gasteiger partial charge in [0.15, 0.2) is 0 Å². The molecule has 106 valence electrons. The predicted molar refractivity (Wildman–Crippen MR) is 79.1 cm³/mol. The van der Waals surface area contributed by atoms with Crippen LogP contribution in [0.5, 0.6) is 0 Å². The second-order valence-corrected chi connectivity index (χ2v) is 5.63. The molecule has 0 aliphatic heterocycles. The van der Waals surface area contributed by atoms with E-state index in [4.69, 9.17) is 4.74 Å². The van der Waals surface area contributed by atoms with E-state index in [9.17, 15) is 0 Å². The molecule has 19 heavy (non-hydrogen) atoms. The largest absolute Gasteiger partial charge is 0.380 e. The molecular weight excluding hydrogens is 236 g/mol. The van der Waals surface area contributed by atoms with Gasteiger partial charge in [0.25, 0.3) is 0 Å². The van der Waals surface area contributed by atoms with Crippen molar-refractivity contribution in [3.63, 3.8) is 0 Å². The van der Waals surface area contributed by atoms with Crippen LogP contribution < -0.4 is 5.32 Å². The van der Waals surface area contributed by atoms with Gasteiger partial charge in [0.2, 0.25) is 0 Å². The van der Waals surface area contributed by atoms with Crippen molar-refractivity contribution in [1.29, 1.82) is 0 Å². The van der Waals surface area contributed by atoms with Crippen LogP contribution in [0, 0.1) is 0 Å². The summed E-state index contributed by atoms with van der Waals surface area (Å²) < 4.78 is 5.11. The van der Waals surface area contributed by atoms with Crippen molar-refractivity contribution in [1.82, 2.24) is 10.2 Å². The molecule has 1 aliphatic carbocycles. The van der Waals surface area contributed by atoms with Crippen LogP contribution in [0.2, 0.25) is 0 Å². The summed E-state index contributed by atoms with van der Waals surface area (Å²) in [5.74, 6) is 0. The summed E-state index contributed by atoms with van der Waals surface area (Å²) in [7, 11) is 3.97. The monoisotopic (exact) mass is 262 g/mol. The quantitative estimate of drug-likeness (QED) is 0.778. The number of hydrogen-bond donors (Lipinski definition) is 1. The Morgan fingerprint density at radius 2 is 1.89 bits per heavy atom. The SMILES string of the molecule is COCc1ccc(CNCC(C)N(C)C2CC2)cc1. The average Bonchev–Trinajstić information content (AvgIpc) is 3.24. The van der Waals surface area contributed by atoms with Crippen LogP contribution >= 0.6 is 0 Å². The number of nitrogens with one attached hydrogen (secondary N) is 1. The lowest BCUT2D eigenvalue weighted by Crippen LogP contribution is -2.38. The van der Waals surface area contributed by atoms with Crippen molar-refractivity contribution in [3.8, 4) is 0 Å². The summed E-state index contributed by atoms with van der Waals surface area (Å²) in [4.78, 5) is 2.49. The molecule has 1 fully saturated rings. The van der Waals surface area contributed by atoms with Gasteiger partial charge >= 0.3 is 0 Å². The van der Waals surface area contributed by atoms with Crippen LogP contribution in [-0.4, -0.2) is 37.7 Å². The predicted octanol–water partition coefficient (Wildman–Crippen LogP) is 2.41. The minimum Gasteiger partial charge on any atom is -0.380 e. The van der Waals surface area contributed by atoms with E-state index in [0.29, 0.717) is 12.6 Å². The van der Waals surface area contributed by atoms with Gasteiger partial charge in [-0.1, -0.05) is 24.3 Å². The van der Waals surface area contributed by atoms with E-state index in [2.05, 4.69) is 48.5 Å². The molecule has 1 saturated carbocycles. The second kappa shape index (κ2) is 7.04. The van der Waals surface area contributed by atoms with Crippen molar-refractivity contribution in [2.75, 3.05) is 20.7 Å². The first-order valence-electron chi connectivity index (χ1n) is 7.20. The maximum absolute atomic E-state index is 5.11. The van der Waals surface area contributed by atoms with E-state index in [-0.39, 0.29) is 0 Å². The maximum atomic E-state index is 5.11. The zero-order valence-electron chi connectivity index (χ0n) is 12.4. The molecule has 0 spiro atoms. The Morgan fingerprint density at radius 1 is 1.26 bits per heavy atom. The van der Waals surface area contributed by atoms with Crippen molar-refractivity contribution in [2.24, 2.45) is 0 Å². The summed E-state index contributed by atoms with van der Waals surface area (Å²) in [6, 6.07) is 10.1. The fraction of sp³-hybridized carbons (Fsp3) is 0.625. The number of likely N-dealkylation sites (N-methyl/N-ethyl adjacent to an activating group) is 1. The van der Waals surface area contributed by atoms with Gasteiger partial charge in [-0.15, -0.1) is 0 Å². The summed E-state index contributed by atoms with van der Waals surface area (Å²) in [6.07, 6.45) is 2.75.